The molecule has 1 saturated heterocycles. The Morgan fingerprint density at radius 3 is 2.76 bits per heavy atom. The van der Waals surface area contributed by atoms with Gasteiger partial charge in [-0.05, 0) is 38.5 Å². The predicted molar refractivity (Wildman–Crippen MR) is 112 cm³/mol. The van der Waals surface area contributed by atoms with Crippen LogP contribution in [0.4, 0.5) is 4.79 Å². The normalized spacial score (nSPS) is 16.6. The zero-order chi connectivity index (χ0) is 21.0. The molecule has 1 aliphatic heterocycles. The average Bonchev–Trinajstić information content (AvgIpc) is 3.36. The number of carbonyl (C=O) groups excluding carboxylic acids is 2. The van der Waals surface area contributed by atoms with Crippen molar-refractivity contribution < 1.29 is 19.1 Å². The molecule has 1 fully saturated rings. The number of rotatable bonds is 6. The summed E-state index contributed by atoms with van der Waals surface area (Å²) in [7, 11) is 1.61. The first-order chi connectivity index (χ1) is 13.9. The molecule has 156 valence electrons. The zero-order valence-electron chi connectivity index (χ0n) is 16.7. The SMILES string of the molecule is COc1cccc(-c2cc(C(=O)NNC(N)=O)cs2)c1OC1CCN(C(C)C)C1. The van der Waals surface area contributed by atoms with E-state index in [-0.39, 0.29) is 6.10 Å². The molecule has 3 amide bonds. The van der Waals surface area contributed by atoms with Crippen molar-refractivity contribution in [2.24, 2.45) is 5.73 Å². The van der Waals surface area contributed by atoms with Crippen LogP contribution in [-0.2, 0) is 0 Å². The lowest BCUT2D eigenvalue weighted by atomic mass is 10.1. The van der Waals surface area contributed by atoms with E-state index < -0.39 is 11.9 Å². The van der Waals surface area contributed by atoms with E-state index >= 15 is 0 Å². The molecule has 1 atom stereocenters. The number of primary amides is 1. The maximum Gasteiger partial charge on any atom is 0.330 e. The Hall–Kier alpha value is -2.78. The monoisotopic (exact) mass is 418 g/mol. The summed E-state index contributed by atoms with van der Waals surface area (Å²) >= 11 is 1.41. The standard InChI is InChI=1S/C20H26N4O4S/c1-12(2)24-8-7-14(10-24)28-18-15(5-4-6-16(18)27-3)17-9-13(11-29-17)19(25)22-23-20(21)26/h4-6,9,11-12,14H,7-8,10H2,1-3H3,(H,22,25)(H3,21,23,26). The molecule has 29 heavy (non-hydrogen) atoms. The van der Waals surface area contributed by atoms with Gasteiger partial charge < -0.3 is 15.2 Å². The van der Waals surface area contributed by atoms with Gasteiger partial charge in [-0.15, -0.1) is 11.3 Å². The Bertz CT molecular complexity index is 883. The van der Waals surface area contributed by atoms with Crippen LogP contribution in [0, 0.1) is 0 Å². The smallest absolute Gasteiger partial charge is 0.330 e. The van der Waals surface area contributed by atoms with E-state index in [4.69, 9.17) is 15.2 Å². The number of hydrogen-bond donors (Lipinski definition) is 3. The molecule has 3 rings (SSSR count). The Morgan fingerprint density at radius 2 is 2.10 bits per heavy atom. The number of thiophene rings is 1. The number of para-hydroxylation sites is 1. The number of amides is 3. The van der Waals surface area contributed by atoms with Crippen LogP contribution in [0.5, 0.6) is 11.5 Å². The fraction of sp³-hybridized carbons (Fsp3) is 0.400. The van der Waals surface area contributed by atoms with Crippen LogP contribution in [0.25, 0.3) is 10.4 Å². The van der Waals surface area contributed by atoms with Crippen molar-refractivity contribution in [2.45, 2.75) is 32.4 Å². The van der Waals surface area contributed by atoms with E-state index in [0.29, 0.717) is 23.1 Å². The molecular formula is C20H26N4O4S. The highest BCUT2D eigenvalue weighted by molar-refractivity contribution is 7.13. The topological polar surface area (TPSA) is 106 Å². The van der Waals surface area contributed by atoms with Crippen molar-refractivity contribution in [3.8, 4) is 21.9 Å². The summed E-state index contributed by atoms with van der Waals surface area (Å²) in [5.74, 6) is 0.884. The van der Waals surface area contributed by atoms with Crippen LogP contribution < -0.4 is 26.1 Å². The van der Waals surface area contributed by atoms with E-state index in [1.54, 1.807) is 18.6 Å². The molecule has 0 radical (unpaired) electrons. The lowest BCUT2D eigenvalue weighted by Gasteiger charge is -2.22. The number of nitrogens with one attached hydrogen (secondary N) is 2. The van der Waals surface area contributed by atoms with Gasteiger partial charge in [0.05, 0.1) is 12.7 Å². The van der Waals surface area contributed by atoms with Gasteiger partial charge in [-0.25, -0.2) is 10.2 Å². The van der Waals surface area contributed by atoms with E-state index in [2.05, 4.69) is 29.6 Å². The van der Waals surface area contributed by atoms with E-state index in [1.807, 2.05) is 18.2 Å². The molecule has 2 aromatic rings. The highest BCUT2D eigenvalue weighted by Gasteiger charge is 2.27. The number of carbonyl (C=O) groups is 2. The van der Waals surface area contributed by atoms with Crippen molar-refractivity contribution in [1.82, 2.24) is 15.8 Å². The molecule has 0 spiro atoms. The number of ether oxygens (including phenoxy) is 2. The first-order valence-corrected chi connectivity index (χ1v) is 10.3. The number of hydrogen-bond acceptors (Lipinski definition) is 6. The maximum atomic E-state index is 12.1. The third kappa shape index (κ3) is 4.99. The van der Waals surface area contributed by atoms with Crippen LogP contribution in [0.2, 0.25) is 0 Å². The van der Waals surface area contributed by atoms with Crippen molar-refractivity contribution in [1.29, 1.82) is 0 Å². The van der Waals surface area contributed by atoms with Crippen molar-refractivity contribution >= 4 is 23.3 Å². The van der Waals surface area contributed by atoms with Gasteiger partial charge in [0.25, 0.3) is 5.91 Å². The Labute approximate surface area is 173 Å². The molecule has 2 heterocycles. The van der Waals surface area contributed by atoms with Gasteiger partial charge in [0.15, 0.2) is 11.5 Å². The van der Waals surface area contributed by atoms with Crippen molar-refractivity contribution in [3.05, 3.63) is 35.2 Å². The molecule has 9 heteroatoms. The lowest BCUT2D eigenvalue weighted by Crippen LogP contribution is -2.44. The summed E-state index contributed by atoms with van der Waals surface area (Å²) in [6, 6.07) is 7.11. The highest BCUT2D eigenvalue weighted by Crippen LogP contribution is 2.41. The summed E-state index contributed by atoms with van der Waals surface area (Å²) in [6.07, 6.45) is 1.03. The number of urea groups is 1. The van der Waals surface area contributed by atoms with Crippen LogP contribution >= 0.6 is 11.3 Å². The summed E-state index contributed by atoms with van der Waals surface area (Å²) in [5, 5.41) is 1.71. The van der Waals surface area contributed by atoms with Gasteiger partial charge >= 0.3 is 6.03 Å². The fourth-order valence-corrected chi connectivity index (χ4v) is 4.18. The van der Waals surface area contributed by atoms with Crippen molar-refractivity contribution in [3.63, 3.8) is 0 Å². The Balaban J connectivity index is 1.83. The largest absolute Gasteiger partial charge is 0.493 e. The number of nitrogens with zero attached hydrogens (tertiary/aromatic N) is 1. The molecular weight excluding hydrogens is 392 g/mol. The number of hydrazine groups is 1. The van der Waals surface area contributed by atoms with Gasteiger partial charge in [-0.3, -0.25) is 15.1 Å². The van der Waals surface area contributed by atoms with Gasteiger partial charge in [-0.1, -0.05) is 6.07 Å². The summed E-state index contributed by atoms with van der Waals surface area (Å²) in [6.45, 7) is 6.24. The fourth-order valence-electron chi connectivity index (χ4n) is 3.27. The molecule has 1 aromatic heterocycles. The van der Waals surface area contributed by atoms with Crippen LogP contribution in [0.1, 0.15) is 30.6 Å². The number of methoxy groups -OCH3 is 1. The second-order valence-electron chi connectivity index (χ2n) is 7.10. The van der Waals surface area contributed by atoms with Gasteiger partial charge in [0.2, 0.25) is 0 Å². The molecule has 8 nitrogen and oxygen atoms in total. The van der Waals surface area contributed by atoms with E-state index in [9.17, 15) is 9.59 Å². The number of benzene rings is 1. The third-order valence-corrected chi connectivity index (χ3v) is 5.78. The molecule has 4 N–H and O–H groups in total. The van der Waals surface area contributed by atoms with Gasteiger partial charge in [0.1, 0.15) is 6.10 Å². The van der Waals surface area contributed by atoms with Crippen LogP contribution in [0.15, 0.2) is 29.6 Å². The molecule has 0 aliphatic carbocycles. The van der Waals surface area contributed by atoms with Gasteiger partial charge in [0, 0.05) is 35.0 Å². The predicted octanol–water partition coefficient (Wildman–Crippen LogP) is 2.60. The lowest BCUT2D eigenvalue weighted by molar-refractivity contribution is 0.0938. The summed E-state index contributed by atoms with van der Waals surface area (Å²) < 4.78 is 11.9. The minimum absolute atomic E-state index is 0.0787. The molecule has 1 unspecified atom stereocenters. The van der Waals surface area contributed by atoms with Crippen LogP contribution in [-0.4, -0.2) is 49.2 Å². The minimum atomic E-state index is -0.829. The van der Waals surface area contributed by atoms with Crippen LogP contribution in [0.3, 0.4) is 0 Å². The Morgan fingerprint density at radius 1 is 1.31 bits per heavy atom. The third-order valence-electron chi connectivity index (χ3n) is 4.82. The summed E-state index contributed by atoms with van der Waals surface area (Å²) in [4.78, 5) is 26.2. The number of nitrogens with two attached hydrogens (primary N) is 1. The Kier molecular flexibility index (Phi) is 6.60. The zero-order valence-corrected chi connectivity index (χ0v) is 17.5. The second-order valence-corrected chi connectivity index (χ2v) is 8.01. The molecule has 1 aliphatic rings. The maximum absolute atomic E-state index is 12.1. The first-order valence-electron chi connectivity index (χ1n) is 9.41. The molecule has 0 saturated carbocycles. The first kappa shape index (κ1) is 20.9. The molecule has 0 bridgehead atoms. The van der Waals surface area contributed by atoms with E-state index in [0.717, 1.165) is 30.0 Å². The van der Waals surface area contributed by atoms with E-state index in [1.165, 1.54) is 11.3 Å². The van der Waals surface area contributed by atoms with Gasteiger partial charge in [-0.2, -0.15) is 0 Å². The second kappa shape index (κ2) is 9.15. The quantitative estimate of drug-likeness (QED) is 0.625. The number of likely N-dealkylation sites (tertiary alicyclic amines) is 1. The highest BCUT2D eigenvalue weighted by atomic mass is 32.1. The molecule has 1 aromatic carbocycles. The minimum Gasteiger partial charge on any atom is -0.493 e. The average molecular weight is 419 g/mol. The van der Waals surface area contributed by atoms with Crippen molar-refractivity contribution in [2.75, 3.05) is 20.2 Å². The summed E-state index contributed by atoms with van der Waals surface area (Å²) in [5.41, 5.74) is 10.6.